The third-order valence-electron chi connectivity index (χ3n) is 4.52. The van der Waals surface area contributed by atoms with Gasteiger partial charge in [0, 0.05) is 26.2 Å². The molecule has 0 aromatic heterocycles. The highest BCUT2D eigenvalue weighted by Gasteiger charge is 2.28. The average Bonchev–Trinajstić information content (AvgIpc) is 2.53. The number of guanidine groups is 1. The summed E-state index contributed by atoms with van der Waals surface area (Å²) in [5.41, 5.74) is -0.00989. The normalized spacial score (nSPS) is 12.9. The summed E-state index contributed by atoms with van der Waals surface area (Å²) in [6.45, 7) is 7.68. The Morgan fingerprint density at radius 3 is 2.19 bits per heavy atom. The summed E-state index contributed by atoms with van der Waals surface area (Å²) in [6.07, 6.45) is -0.967. The molecular formula is C17H36F3IN4O. The lowest BCUT2D eigenvalue weighted by Gasteiger charge is -2.29. The highest BCUT2D eigenvalue weighted by molar-refractivity contribution is 14.0. The van der Waals surface area contributed by atoms with Gasteiger partial charge >= 0.3 is 6.18 Å². The Bertz CT molecular complexity index is 378. The van der Waals surface area contributed by atoms with E-state index in [-0.39, 0.29) is 36.0 Å². The highest BCUT2D eigenvalue weighted by atomic mass is 127. The summed E-state index contributed by atoms with van der Waals surface area (Å²) < 4.78 is 36.8. The van der Waals surface area contributed by atoms with E-state index in [2.05, 4.69) is 29.5 Å². The Labute approximate surface area is 173 Å². The molecule has 0 spiro atoms. The minimum Gasteiger partial charge on any atom is -0.396 e. The Kier molecular flexibility index (Phi) is 15.8. The Hall–Kier alpha value is -0.290. The van der Waals surface area contributed by atoms with E-state index in [1.165, 1.54) is 11.9 Å². The minimum atomic E-state index is -4.16. The lowest BCUT2D eigenvalue weighted by atomic mass is 9.79. The Morgan fingerprint density at radius 1 is 1.12 bits per heavy atom. The maximum atomic E-state index is 12.3. The van der Waals surface area contributed by atoms with Crippen LogP contribution in [0.5, 0.6) is 0 Å². The van der Waals surface area contributed by atoms with Gasteiger partial charge in [-0.1, -0.05) is 13.8 Å². The molecule has 0 aromatic rings. The molecule has 0 aliphatic carbocycles. The molecule has 0 heterocycles. The van der Waals surface area contributed by atoms with Gasteiger partial charge < -0.3 is 15.7 Å². The second-order valence-electron chi connectivity index (χ2n) is 6.51. The van der Waals surface area contributed by atoms with Gasteiger partial charge in [0.1, 0.15) is 0 Å². The molecule has 0 aliphatic heterocycles. The molecule has 0 atom stereocenters. The van der Waals surface area contributed by atoms with E-state index < -0.39 is 12.7 Å². The van der Waals surface area contributed by atoms with Crippen LogP contribution >= 0.6 is 24.0 Å². The zero-order chi connectivity index (χ0) is 19.3. The molecule has 0 unspecified atom stereocenters. The Balaban J connectivity index is 0. The second kappa shape index (κ2) is 14.7. The number of aliphatic hydroxyl groups is 1. The van der Waals surface area contributed by atoms with Crippen molar-refractivity contribution in [1.29, 1.82) is 0 Å². The highest BCUT2D eigenvalue weighted by Crippen LogP contribution is 2.30. The molecule has 26 heavy (non-hydrogen) atoms. The van der Waals surface area contributed by atoms with E-state index in [1.807, 2.05) is 6.92 Å². The summed E-state index contributed by atoms with van der Waals surface area (Å²) >= 11 is 0. The largest absolute Gasteiger partial charge is 0.401 e. The van der Waals surface area contributed by atoms with Gasteiger partial charge in [0.25, 0.3) is 0 Å². The zero-order valence-corrected chi connectivity index (χ0v) is 18.8. The van der Waals surface area contributed by atoms with Crippen molar-refractivity contribution < 1.29 is 18.3 Å². The fraction of sp³-hybridized carbons (Fsp3) is 0.941. The van der Waals surface area contributed by atoms with Crippen LogP contribution in [-0.4, -0.2) is 68.5 Å². The van der Waals surface area contributed by atoms with E-state index in [4.69, 9.17) is 0 Å². The van der Waals surface area contributed by atoms with Crippen LogP contribution in [0, 0.1) is 5.41 Å². The fourth-order valence-corrected chi connectivity index (χ4v) is 2.67. The number of aliphatic hydroxyl groups excluding tert-OH is 1. The fourth-order valence-electron chi connectivity index (χ4n) is 2.67. The van der Waals surface area contributed by atoms with E-state index in [0.717, 1.165) is 12.8 Å². The van der Waals surface area contributed by atoms with Gasteiger partial charge in [-0.05, 0) is 51.6 Å². The maximum Gasteiger partial charge on any atom is 0.401 e. The third-order valence-corrected chi connectivity index (χ3v) is 4.52. The predicted molar refractivity (Wildman–Crippen MR) is 112 cm³/mol. The summed E-state index contributed by atoms with van der Waals surface area (Å²) in [7, 11) is 1.47. The van der Waals surface area contributed by atoms with Gasteiger partial charge in [0.15, 0.2) is 5.96 Å². The molecule has 0 amide bonds. The van der Waals surface area contributed by atoms with Crippen LogP contribution in [0.15, 0.2) is 4.99 Å². The van der Waals surface area contributed by atoms with Crippen molar-refractivity contribution in [3.05, 3.63) is 0 Å². The molecule has 0 radical (unpaired) electrons. The van der Waals surface area contributed by atoms with Gasteiger partial charge in [0.05, 0.1) is 6.54 Å². The van der Waals surface area contributed by atoms with Crippen molar-refractivity contribution in [2.24, 2.45) is 10.4 Å². The van der Waals surface area contributed by atoms with E-state index in [9.17, 15) is 18.3 Å². The number of halogens is 4. The summed E-state index contributed by atoms with van der Waals surface area (Å²) in [5, 5.41) is 15.6. The Morgan fingerprint density at radius 2 is 1.73 bits per heavy atom. The van der Waals surface area contributed by atoms with Crippen LogP contribution in [0.2, 0.25) is 0 Å². The topological polar surface area (TPSA) is 59.9 Å². The van der Waals surface area contributed by atoms with Crippen molar-refractivity contribution >= 4 is 29.9 Å². The van der Waals surface area contributed by atoms with Crippen molar-refractivity contribution in [3.63, 3.8) is 0 Å². The van der Waals surface area contributed by atoms with E-state index in [0.29, 0.717) is 45.0 Å². The van der Waals surface area contributed by atoms with Crippen molar-refractivity contribution in [1.82, 2.24) is 15.5 Å². The van der Waals surface area contributed by atoms with Gasteiger partial charge in [-0.25, -0.2) is 0 Å². The molecule has 5 nitrogen and oxygen atoms in total. The number of aliphatic imine (C=N–C) groups is 1. The molecule has 0 rings (SSSR count). The number of nitrogens with zero attached hydrogens (tertiary/aromatic N) is 2. The van der Waals surface area contributed by atoms with E-state index in [1.54, 1.807) is 0 Å². The number of hydrogen-bond acceptors (Lipinski definition) is 3. The first-order valence-corrected chi connectivity index (χ1v) is 9.10. The monoisotopic (exact) mass is 496 g/mol. The first kappa shape index (κ1) is 27.9. The smallest absolute Gasteiger partial charge is 0.396 e. The van der Waals surface area contributed by atoms with Crippen molar-refractivity contribution in [2.75, 3.05) is 46.4 Å². The maximum absolute atomic E-state index is 12.3. The lowest BCUT2D eigenvalue weighted by Crippen LogP contribution is -2.40. The molecule has 0 fully saturated rings. The first-order chi connectivity index (χ1) is 11.7. The summed E-state index contributed by atoms with van der Waals surface area (Å²) in [6, 6.07) is 0. The zero-order valence-electron chi connectivity index (χ0n) is 16.5. The number of nitrogens with one attached hydrogen (secondary N) is 2. The van der Waals surface area contributed by atoms with Crippen LogP contribution in [0.3, 0.4) is 0 Å². The number of hydrogen-bond donors (Lipinski definition) is 3. The van der Waals surface area contributed by atoms with Gasteiger partial charge in [-0.15, -0.1) is 24.0 Å². The van der Waals surface area contributed by atoms with Crippen molar-refractivity contribution in [3.8, 4) is 0 Å². The molecule has 158 valence electrons. The minimum absolute atomic E-state index is 0. The second-order valence-corrected chi connectivity index (χ2v) is 6.51. The quantitative estimate of drug-likeness (QED) is 0.168. The van der Waals surface area contributed by atoms with Crippen LogP contribution in [0.25, 0.3) is 0 Å². The van der Waals surface area contributed by atoms with Crippen LogP contribution in [0.1, 0.15) is 46.5 Å². The molecule has 0 saturated heterocycles. The number of alkyl halides is 3. The molecule has 0 aromatic carbocycles. The van der Waals surface area contributed by atoms with Gasteiger partial charge in [-0.3, -0.25) is 9.89 Å². The van der Waals surface area contributed by atoms with Crippen molar-refractivity contribution in [2.45, 2.75) is 52.6 Å². The summed E-state index contributed by atoms with van der Waals surface area (Å²) in [4.78, 5) is 5.88. The van der Waals surface area contributed by atoms with Gasteiger partial charge in [-0.2, -0.15) is 13.2 Å². The van der Waals surface area contributed by atoms with Crippen LogP contribution in [-0.2, 0) is 0 Å². The molecule has 0 bridgehead atoms. The lowest BCUT2D eigenvalue weighted by molar-refractivity contribution is -0.143. The van der Waals surface area contributed by atoms with E-state index >= 15 is 0 Å². The predicted octanol–water partition coefficient (Wildman–Crippen LogP) is 3.23. The molecular weight excluding hydrogens is 460 g/mol. The first-order valence-electron chi connectivity index (χ1n) is 9.10. The molecule has 0 saturated carbocycles. The third kappa shape index (κ3) is 13.0. The number of rotatable bonds is 12. The molecule has 9 heteroatoms. The molecule has 0 aliphatic rings. The standard InChI is InChI=1S/C17H35F3N4O.HI/c1-5-16(6-2,9-12-25)13-23-15(21-7-3)22-10-8-11-24(4)14-17(18,19)20;/h25H,5-14H2,1-4H3,(H2,21,22,23);1H. The summed E-state index contributed by atoms with van der Waals surface area (Å²) in [5.74, 6) is 0.671. The van der Waals surface area contributed by atoms with Crippen LogP contribution in [0.4, 0.5) is 13.2 Å². The van der Waals surface area contributed by atoms with Gasteiger partial charge in [0.2, 0.25) is 0 Å². The SMILES string of the molecule is CCNC(=NCC(CC)(CC)CCO)NCCCN(C)CC(F)(F)F.I. The average molecular weight is 496 g/mol. The molecule has 3 N–H and O–H groups in total. The van der Waals surface area contributed by atoms with Crippen LogP contribution < -0.4 is 10.6 Å².